The fraction of sp³-hybridized carbons (Fsp3) is 0.625. The molecule has 0 amide bonds. The molecule has 0 aliphatic carbocycles. The summed E-state index contributed by atoms with van der Waals surface area (Å²) in [6, 6.07) is 0. The lowest BCUT2D eigenvalue weighted by atomic mass is 9.90. The van der Waals surface area contributed by atoms with Gasteiger partial charge in [0.2, 0.25) is 0 Å². The molecule has 3 N–H and O–H groups in total. The quantitative estimate of drug-likeness (QED) is 0.567. The molecule has 88 valence electrons. The summed E-state index contributed by atoms with van der Waals surface area (Å²) in [5.41, 5.74) is -2.98. The molecule has 2 heterocycles. The Morgan fingerprint density at radius 2 is 1.75 bits per heavy atom. The molecular formula is C8H11N3O5. The van der Waals surface area contributed by atoms with Gasteiger partial charge in [0.15, 0.2) is 5.54 Å². The predicted octanol–water partition coefficient (Wildman–Crippen LogP) is -1.54. The molecule has 1 aromatic heterocycles. The summed E-state index contributed by atoms with van der Waals surface area (Å²) in [5, 5.41) is 13.4. The van der Waals surface area contributed by atoms with Crippen molar-refractivity contribution in [2.45, 2.75) is 18.4 Å². The average Bonchev–Trinajstić information content (AvgIpc) is 2.60. The van der Waals surface area contributed by atoms with Crippen LogP contribution in [0.1, 0.15) is 12.8 Å². The molecule has 0 atom stereocenters. The third-order valence-electron chi connectivity index (χ3n) is 2.83. The van der Waals surface area contributed by atoms with Crippen molar-refractivity contribution in [2.75, 3.05) is 13.2 Å². The minimum absolute atomic E-state index is 0.100. The number of nitrogens with zero attached hydrogens (tertiary/aromatic N) is 1. The van der Waals surface area contributed by atoms with Crippen LogP contribution < -0.4 is 11.4 Å². The maximum absolute atomic E-state index is 11.4. The summed E-state index contributed by atoms with van der Waals surface area (Å²) in [4.78, 5) is 34.1. The molecule has 1 aromatic rings. The Labute approximate surface area is 88.8 Å². The van der Waals surface area contributed by atoms with Crippen molar-refractivity contribution in [3.8, 4) is 0 Å². The fourth-order valence-electron chi connectivity index (χ4n) is 1.94. The normalized spacial score (nSPS) is 19.5. The molecule has 1 fully saturated rings. The van der Waals surface area contributed by atoms with E-state index in [-0.39, 0.29) is 26.1 Å². The highest BCUT2D eigenvalue weighted by molar-refractivity contribution is 5.76. The highest BCUT2D eigenvalue weighted by Gasteiger charge is 2.44. The molecule has 0 radical (unpaired) electrons. The first-order chi connectivity index (χ1) is 7.58. The van der Waals surface area contributed by atoms with Crippen molar-refractivity contribution in [1.82, 2.24) is 14.8 Å². The lowest BCUT2D eigenvalue weighted by Gasteiger charge is -2.32. The maximum atomic E-state index is 11.4. The zero-order valence-electron chi connectivity index (χ0n) is 8.36. The molecule has 8 nitrogen and oxygen atoms in total. The minimum atomic E-state index is -1.50. The zero-order valence-corrected chi connectivity index (χ0v) is 8.36. The van der Waals surface area contributed by atoms with Crippen molar-refractivity contribution in [3.05, 3.63) is 21.0 Å². The van der Waals surface area contributed by atoms with E-state index in [1.165, 1.54) is 0 Å². The summed E-state index contributed by atoms with van der Waals surface area (Å²) in [5.74, 6) is -1.19. The van der Waals surface area contributed by atoms with Crippen LogP contribution in [0, 0.1) is 0 Å². The molecule has 0 aromatic carbocycles. The second kappa shape index (κ2) is 3.63. The van der Waals surface area contributed by atoms with Crippen molar-refractivity contribution >= 4 is 5.97 Å². The summed E-state index contributed by atoms with van der Waals surface area (Å²) < 4.78 is 5.77. The third-order valence-corrected chi connectivity index (χ3v) is 2.83. The van der Waals surface area contributed by atoms with E-state index < -0.39 is 22.9 Å². The van der Waals surface area contributed by atoms with Gasteiger partial charge in [0.1, 0.15) is 0 Å². The Morgan fingerprint density at radius 3 is 2.19 bits per heavy atom. The number of carboxylic acids is 1. The highest BCUT2D eigenvalue weighted by atomic mass is 16.5. The minimum Gasteiger partial charge on any atom is -0.479 e. The molecule has 0 unspecified atom stereocenters. The molecule has 0 saturated carbocycles. The van der Waals surface area contributed by atoms with Crippen molar-refractivity contribution in [2.24, 2.45) is 0 Å². The van der Waals surface area contributed by atoms with Gasteiger partial charge >= 0.3 is 17.3 Å². The summed E-state index contributed by atoms with van der Waals surface area (Å²) in [6.07, 6.45) is 0.201. The molecule has 1 aliphatic heterocycles. The average molecular weight is 229 g/mol. The molecule has 16 heavy (non-hydrogen) atoms. The van der Waals surface area contributed by atoms with Gasteiger partial charge in [-0.3, -0.25) is 0 Å². The van der Waals surface area contributed by atoms with Crippen LogP contribution >= 0.6 is 0 Å². The van der Waals surface area contributed by atoms with Crippen LogP contribution in [0.25, 0.3) is 0 Å². The SMILES string of the molecule is O=C(O)C1(n2c(=O)[nH][nH]c2=O)CCOCC1. The Morgan fingerprint density at radius 1 is 1.25 bits per heavy atom. The van der Waals surface area contributed by atoms with Crippen LogP contribution in [0.3, 0.4) is 0 Å². The van der Waals surface area contributed by atoms with E-state index in [9.17, 15) is 19.5 Å². The van der Waals surface area contributed by atoms with E-state index in [0.717, 1.165) is 4.57 Å². The van der Waals surface area contributed by atoms with Gasteiger partial charge in [-0.05, 0) is 0 Å². The van der Waals surface area contributed by atoms with E-state index in [0.29, 0.717) is 0 Å². The number of nitrogens with one attached hydrogen (secondary N) is 2. The monoisotopic (exact) mass is 229 g/mol. The fourth-order valence-corrected chi connectivity index (χ4v) is 1.94. The molecule has 0 spiro atoms. The van der Waals surface area contributed by atoms with Crippen LogP contribution in [-0.4, -0.2) is 39.1 Å². The van der Waals surface area contributed by atoms with Gasteiger partial charge in [0.25, 0.3) is 0 Å². The Hall–Kier alpha value is -1.83. The number of aromatic amines is 2. The van der Waals surface area contributed by atoms with Crippen molar-refractivity contribution in [3.63, 3.8) is 0 Å². The van der Waals surface area contributed by atoms with Crippen LogP contribution in [0.15, 0.2) is 9.59 Å². The first-order valence-electron chi connectivity index (χ1n) is 4.79. The largest absolute Gasteiger partial charge is 0.479 e. The number of hydrogen-bond donors (Lipinski definition) is 3. The van der Waals surface area contributed by atoms with Crippen LogP contribution in [0.4, 0.5) is 0 Å². The smallest absolute Gasteiger partial charge is 0.345 e. The topological polar surface area (TPSA) is 117 Å². The van der Waals surface area contributed by atoms with Gasteiger partial charge < -0.3 is 9.84 Å². The van der Waals surface area contributed by atoms with E-state index in [2.05, 4.69) is 10.2 Å². The van der Waals surface area contributed by atoms with E-state index in [4.69, 9.17) is 4.74 Å². The molecule has 1 aliphatic rings. The van der Waals surface area contributed by atoms with Gasteiger partial charge in [-0.2, -0.15) is 0 Å². The predicted molar refractivity (Wildman–Crippen MR) is 51.3 cm³/mol. The number of ether oxygens (including phenoxy) is 1. The van der Waals surface area contributed by atoms with Crippen LogP contribution in [0.2, 0.25) is 0 Å². The first kappa shape index (κ1) is 10.7. The number of carboxylic acid groups (broad SMARTS) is 1. The Kier molecular flexibility index (Phi) is 2.43. The summed E-state index contributed by atoms with van der Waals surface area (Å²) >= 11 is 0. The van der Waals surface area contributed by atoms with E-state index in [1.807, 2.05) is 0 Å². The van der Waals surface area contributed by atoms with Crippen molar-refractivity contribution < 1.29 is 14.6 Å². The highest BCUT2D eigenvalue weighted by Crippen LogP contribution is 2.26. The molecule has 1 saturated heterocycles. The van der Waals surface area contributed by atoms with Crippen LogP contribution in [-0.2, 0) is 15.1 Å². The standard InChI is InChI=1S/C8H11N3O5/c12-5(13)8(1-3-16-4-2-8)11-6(14)9-10-7(11)15/h1-4H2,(H,9,14)(H,10,15)(H,12,13). The molecular weight excluding hydrogens is 218 g/mol. The number of H-pyrrole nitrogens is 2. The Balaban J connectivity index is 2.60. The number of aromatic nitrogens is 3. The van der Waals surface area contributed by atoms with Gasteiger partial charge in [0.05, 0.1) is 0 Å². The number of carbonyl (C=O) groups is 1. The summed E-state index contributed by atoms with van der Waals surface area (Å²) in [7, 11) is 0. The molecule has 2 rings (SSSR count). The van der Waals surface area contributed by atoms with Crippen LogP contribution in [0.5, 0.6) is 0 Å². The maximum Gasteiger partial charge on any atom is 0.345 e. The number of aliphatic carboxylic acids is 1. The second-order valence-corrected chi connectivity index (χ2v) is 3.64. The second-order valence-electron chi connectivity index (χ2n) is 3.64. The number of hydrogen-bond acceptors (Lipinski definition) is 4. The lowest BCUT2D eigenvalue weighted by molar-refractivity contribution is -0.153. The van der Waals surface area contributed by atoms with Gasteiger partial charge in [-0.25, -0.2) is 29.1 Å². The first-order valence-corrected chi connectivity index (χ1v) is 4.79. The molecule has 8 heteroatoms. The molecule has 0 bridgehead atoms. The van der Waals surface area contributed by atoms with Gasteiger partial charge in [-0.15, -0.1) is 0 Å². The van der Waals surface area contributed by atoms with E-state index >= 15 is 0 Å². The van der Waals surface area contributed by atoms with Gasteiger partial charge in [-0.1, -0.05) is 0 Å². The van der Waals surface area contributed by atoms with Gasteiger partial charge in [0, 0.05) is 26.1 Å². The van der Waals surface area contributed by atoms with E-state index in [1.54, 1.807) is 0 Å². The van der Waals surface area contributed by atoms with Crippen molar-refractivity contribution in [1.29, 1.82) is 0 Å². The number of rotatable bonds is 2. The third kappa shape index (κ3) is 1.38. The Bertz CT molecular complexity index is 477. The zero-order chi connectivity index (χ0) is 11.8. The summed E-state index contributed by atoms with van der Waals surface area (Å²) in [6.45, 7) is 0.423. The lowest BCUT2D eigenvalue weighted by Crippen LogP contribution is -2.54.